The molecule has 0 aromatic carbocycles. The van der Waals surface area contributed by atoms with Gasteiger partial charge in [-0.3, -0.25) is 14.3 Å². The Kier molecular flexibility index (Phi) is 9.13. The van der Waals surface area contributed by atoms with Gasteiger partial charge in [0.2, 0.25) is 6.54 Å². The van der Waals surface area contributed by atoms with Crippen LogP contribution in [0.5, 0.6) is 0 Å². The highest BCUT2D eigenvalue weighted by molar-refractivity contribution is 7.44. The average Bonchev–Trinajstić information content (AvgIpc) is 2.97. The summed E-state index contributed by atoms with van der Waals surface area (Å²) in [5.74, 6) is 0. The molecule has 2 heterocycles. The molecule has 0 radical (unpaired) electrons. The van der Waals surface area contributed by atoms with E-state index >= 15 is 4.39 Å². The molecule has 9 nitrogen and oxygen atoms in total. The third-order valence-corrected chi connectivity index (χ3v) is 6.79. The summed E-state index contributed by atoms with van der Waals surface area (Å²) in [4.78, 5) is 28.9. The summed E-state index contributed by atoms with van der Waals surface area (Å²) in [6, 6.07) is 1.29. The molecule has 2 rings (SSSR count). The molecule has 0 bridgehead atoms. The number of hydrogen-bond donors (Lipinski definition) is 1. The zero-order valence-electron chi connectivity index (χ0n) is 17.9. The highest BCUT2D eigenvalue weighted by Gasteiger charge is 2.49. The monoisotopic (exact) mass is 444 g/mol. The molecule has 5 atom stereocenters. The molecule has 1 aliphatic rings. The molecular formula is C19H30FN4O5P. The summed E-state index contributed by atoms with van der Waals surface area (Å²) in [6.45, 7) is 17.1. The van der Waals surface area contributed by atoms with Crippen LogP contribution in [0.15, 0.2) is 21.9 Å². The first-order chi connectivity index (χ1) is 14.2. The van der Waals surface area contributed by atoms with E-state index in [9.17, 15) is 9.59 Å². The summed E-state index contributed by atoms with van der Waals surface area (Å²) in [5.41, 5.74) is -1.31. The van der Waals surface area contributed by atoms with Crippen molar-refractivity contribution >= 4 is 8.53 Å². The van der Waals surface area contributed by atoms with Gasteiger partial charge in [-0.15, -0.1) is 0 Å². The molecule has 0 aliphatic carbocycles. The van der Waals surface area contributed by atoms with Gasteiger partial charge in [0, 0.05) is 24.3 Å². The molecule has 1 aromatic heterocycles. The maximum absolute atomic E-state index is 15.5. The molecule has 1 saturated heterocycles. The van der Waals surface area contributed by atoms with E-state index in [1.165, 1.54) is 6.20 Å². The zero-order chi connectivity index (χ0) is 22.4. The molecular weight excluding hydrogens is 414 g/mol. The topological polar surface area (TPSA) is 90.1 Å². The fraction of sp³-hybridized carbons (Fsp3) is 0.737. The molecule has 1 aromatic rings. The lowest BCUT2D eigenvalue weighted by Crippen LogP contribution is -2.39. The lowest BCUT2D eigenvalue weighted by molar-refractivity contribution is -0.0273. The Morgan fingerprint density at radius 2 is 2.03 bits per heavy atom. The molecule has 0 saturated carbocycles. The molecule has 11 heteroatoms. The fourth-order valence-electron chi connectivity index (χ4n) is 3.39. The summed E-state index contributed by atoms with van der Waals surface area (Å²) in [5, 5.41) is 0. The SMILES string of the molecule is [C-]#[N+]CCOP(OC1C(CC)OC(n2ccc(=O)[nH]c2=O)C1F)N(C(C)C)C(C)C. The first-order valence-corrected chi connectivity index (χ1v) is 11.2. The van der Waals surface area contributed by atoms with Crippen molar-refractivity contribution in [2.24, 2.45) is 0 Å². The van der Waals surface area contributed by atoms with E-state index in [-0.39, 0.29) is 25.2 Å². The second-order valence-corrected chi connectivity index (χ2v) is 8.93. The van der Waals surface area contributed by atoms with E-state index < -0.39 is 44.4 Å². The van der Waals surface area contributed by atoms with Gasteiger partial charge < -0.3 is 18.6 Å². The molecule has 1 N–H and O–H groups in total. The van der Waals surface area contributed by atoms with Crippen LogP contribution in [-0.4, -0.2) is 57.8 Å². The van der Waals surface area contributed by atoms with Gasteiger partial charge in [0.15, 0.2) is 12.4 Å². The van der Waals surface area contributed by atoms with Crippen LogP contribution >= 0.6 is 8.53 Å². The minimum Gasteiger partial charge on any atom is -0.349 e. The summed E-state index contributed by atoms with van der Waals surface area (Å²) in [7, 11) is -1.66. The normalized spacial score (nSPS) is 25.2. The van der Waals surface area contributed by atoms with Crippen LogP contribution in [0.4, 0.5) is 4.39 Å². The summed E-state index contributed by atoms with van der Waals surface area (Å²) >= 11 is 0. The standard InChI is InChI=1S/C19H30FN4O5P/c1-7-14-17(16(20)18(28-14)23-10-8-15(25)22-19(23)26)29-30(27-11-9-21-6)24(12(2)3)13(4)5/h8,10,12-14,16-18H,7,9,11H2,1-5H3,(H,22,25,26). The molecule has 168 valence electrons. The first-order valence-electron chi connectivity index (χ1n) is 10.0. The maximum Gasteiger partial charge on any atom is 0.330 e. The van der Waals surface area contributed by atoms with Gasteiger partial charge in [0.05, 0.1) is 6.10 Å². The van der Waals surface area contributed by atoms with Gasteiger partial charge in [-0.05, 0) is 34.1 Å². The summed E-state index contributed by atoms with van der Waals surface area (Å²) < 4.78 is 36.3. The van der Waals surface area contributed by atoms with Crippen molar-refractivity contribution in [3.05, 3.63) is 44.5 Å². The van der Waals surface area contributed by atoms with Crippen LogP contribution in [0.25, 0.3) is 4.85 Å². The van der Waals surface area contributed by atoms with Gasteiger partial charge in [-0.2, -0.15) is 0 Å². The number of ether oxygens (including phenoxy) is 1. The number of halogens is 1. The van der Waals surface area contributed by atoms with E-state index in [2.05, 4.69) is 9.83 Å². The maximum atomic E-state index is 15.5. The summed E-state index contributed by atoms with van der Waals surface area (Å²) in [6.07, 6.45) is -2.73. The molecule has 0 amide bonds. The lowest BCUT2D eigenvalue weighted by Gasteiger charge is -2.37. The van der Waals surface area contributed by atoms with Gasteiger partial charge in [0.1, 0.15) is 12.7 Å². The molecule has 1 aliphatic heterocycles. The third kappa shape index (κ3) is 5.74. The Hall–Kier alpha value is -1.63. The van der Waals surface area contributed by atoms with Crippen LogP contribution < -0.4 is 11.2 Å². The minimum absolute atomic E-state index is 0.0714. The predicted molar refractivity (Wildman–Crippen MR) is 112 cm³/mol. The Balaban J connectivity index is 2.29. The van der Waals surface area contributed by atoms with Crippen molar-refractivity contribution in [3.63, 3.8) is 0 Å². The fourth-order valence-corrected chi connectivity index (χ4v) is 5.15. The van der Waals surface area contributed by atoms with Crippen molar-refractivity contribution in [2.45, 2.75) is 77.7 Å². The van der Waals surface area contributed by atoms with E-state index in [1.807, 2.05) is 39.3 Å². The quantitative estimate of drug-likeness (QED) is 0.339. The number of hydrogen-bond acceptors (Lipinski definition) is 6. The van der Waals surface area contributed by atoms with E-state index in [4.69, 9.17) is 20.4 Å². The largest absolute Gasteiger partial charge is 0.349 e. The number of aromatic nitrogens is 2. The number of rotatable bonds is 10. The predicted octanol–water partition coefficient (Wildman–Crippen LogP) is 2.85. The Morgan fingerprint density at radius 1 is 1.37 bits per heavy atom. The third-order valence-electron chi connectivity index (χ3n) is 4.66. The highest BCUT2D eigenvalue weighted by atomic mass is 31.2. The number of nitrogens with one attached hydrogen (secondary N) is 1. The van der Waals surface area contributed by atoms with Crippen LogP contribution in [-0.2, 0) is 13.8 Å². The van der Waals surface area contributed by atoms with E-state index in [0.29, 0.717) is 6.42 Å². The van der Waals surface area contributed by atoms with E-state index in [0.717, 1.165) is 10.6 Å². The van der Waals surface area contributed by atoms with Crippen LogP contribution in [0.3, 0.4) is 0 Å². The number of alkyl halides is 1. The van der Waals surface area contributed by atoms with Crippen molar-refractivity contribution < 1.29 is 18.2 Å². The van der Waals surface area contributed by atoms with Crippen molar-refractivity contribution in [3.8, 4) is 0 Å². The second kappa shape index (κ2) is 11.1. The van der Waals surface area contributed by atoms with Crippen LogP contribution in [0.2, 0.25) is 0 Å². The minimum atomic E-state index is -1.66. The van der Waals surface area contributed by atoms with Gasteiger partial charge in [0.25, 0.3) is 14.1 Å². The van der Waals surface area contributed by atoms with Crippen LogP contribution in [0.1, 0.15) is 47.3 Å². The van der Waals surface area contributed by atoms with E-state index in [1.54, 1.807) is 0 Å². The first kappa shape index (κ1) is 24.6. The molecule has 0 spiro atoms. The molecule has 30 heavy (non-hydrogen) atoms. The lowest BCUT2D eigenvalue weighted by atomic mass is 10.1. The smallest absolute Gasteiger partial charge is 0.330 e. The second-order valence-electron chi connectivity index (χ2n) is 7.53. The number of H-pyrrole nitrogens is 1. The van der Waals surface area contributed by atoms with Crippen molar-refractivity contribution in [1.82, 2.24) is 14.2 Å². The van der Waals surface area contributed by atoms with Crippen LogP contribution in [0, 0.1) is 6.57 Å². The van der Waals surface area contributed by atoms with Gasteiger partial charge in [-0.25, -0.2) is 20.4 Å². The average molecular weight is 444 g/mol. The van der Waals surface area contributed by atoms with Gasteiger partial charge in [-0.1, -0.05) is 6.92 Å². The Bertz CT molecular complexity index is 831. The Morgan fingerprint density at radius 3 is 2.57 bits per heavy atom. The number of aromatic amines is 1. The Labute approximate surface area is 176 Å². The molecule has 1 fully saturated rings. The zero-order valence-corrected chi connectivity index (χ0v) is 18.8. The van der Waals surface area contributed by atoms with Crippen molar-refractivity contribution in [2.75, 3.05) is 13.2 Å². The van der Waals surface area contributed by atoms with Gasteiger partial charge >= 0.3 is 5.69 Å². The molecule has 5 unspecified atom stereocenters. The van der Waals surface area contributed by atoms with Crippen molar-refractivity contribution in [1.29, 1.82) is 0 Å². The number of nitrogens with zero attached hydrogens (tertiary/aromatic N) is 3. The highest BCUT2D eigenvalue weighted by Crippen LogP contribution is 2.50.